The van der Waals surface area contributed by atoms with Crippen LogP contribution >= 0.6 is 24.0 Å². The normalized spacial score (nSPS) is 14.3. The molecule has 3 aromatic carbocycles. The Bertz CT molecular complexity index is 1510. The van der Waals surface area contributed by atoms with Gasteiger partial charge in [0.1, 0.15) is 15.8 Å². The van der Waals surface area contributed by atoms with Crippen LogP contribution in [0.1, 0.15) is 11.1 Å². The lowest BCUT2D eigenvalue weighted by Crippen LogP contribution is -2.27. The SMILES string of the molecule is COc1ccc(CN2C(=O)C(=Cc3cn(-c4ccccc4)nc3-c3ccc(OC)c(OC)c3)SC2=S)cc1. The first-order chi connectivity index (χ1) is 18.5. The highest BCUT2D eigenvalue weighted by atomic mass is 32.2. The zero-order valence-corrected chi connectivity index (χ0v) is 22.7. The van der Waals surface area contributed by atoms with Gasteiger partial charge in [0.15, 0.2) is 11.5 Å². The molecule has 9 heteroatoms. The summed E-state index contributed by atoms with van der Waals surface area (Å²) >= 11 is 6.87. The van der Waals surface area contributed by atoms with Crippen molar-refractivity contribution in [1.82, 2.24) is 14.7 Å². The van der Waals surface area contributed by atoms with Crippen molar-refractivity contribution in [2.45, 2.75) is 6.54 Å². The molecule has 1 aliphatic heterocycles. The van der Waals surface area contributed by atoms with E-state index in [9.17, 15) is 4.79 Å². The summed E-state index contributed by atoms with van der Waals surface area (Å²) in [5.74, 6) is 1.84. The number of hydrogen-bond acceptors (Lipinski definition) is 7. The Balaban J connectivity index is 1.52. The highest BCUT2D eigenvalue weighted by molar-refractivity contribution is 8.26. The van der Waals surface area contributed by atoms with Crippen LogP contribution in [0.3, 0.4) is 0 Å². The number of ether oxygens (including phenoxy) is 3. The summed E-state index contributed by atoms with van der Waals surface area (Å²) in [6.07, 6.45) is 3.77. The number of nitrogens with zero attached hydrogens (tertiary/aromatic N) is 3. The molecule has 0 saturated carbocycles. The molecule has 38 heavy (non-hydrogen) atoms. The minimum absolute atomic E-state index is 0.137. The van der Waals surface area contributed by atoms with Gasteiger partial charge in [0.05, 0.1) is 38.5 Å². The van der Waals surface area contributed by atoms with Crippen molar-refractivity contribution >= 4 is 40.3 Å². The molecule has 0 N–H and O–H groups in total. The van der Waals surface area contributed by atoms with E-state index in [2.05, 4.69) is 0 Å². The first-order valence-electron chi connectivity index (χ1n) is 11.8. The van der Waals surface area contributed by atoms with Gasteiger partial charge in [-0.2, -0.15) is 5.10 Å². The number of hydrogen-bond donors (Lipinski definition) is 0. The highest BCUT2D eigenvalue weighted by Gasteiger charge is 2.32. The largest absolute Gasteiger partial charge is 0.497 e. The summed E-state index contributed by atoms with van der Waals surface area (Å²) in [6.45, 7) is 0.387. The van der Waals surface area contributed by atoms with Crippen molar-refractivity contribution in [3.05, 3.63) is 95.0 Å². The Labute approximate surface area is 230 Å². The fourth-order valence-electron chi connectivity index (χ4n) is 4.10. The van der Waals surface area contributed by atoms with E-state index in [-0.39, 0.29) is 5.91 Å². The Kier molecular flexibility index (Phi) is 7.48. The van der Waals surface area contributed by atoms with Gasteiger partial charge < -0.3 is 14.2 Å². The van der Waals surface area contributed by atoms with Crippen molar-refractivity contribution in [1.29, 1.82) is 0 Å². The van der Waals surface area contributed by atoms with Gasteiger partial charge in [-0.25, -0.2) is 4.68 Å². The molecule has 4 aromatic rings. The summed E-state index contributed by atoms with van der Waals surface area (Å²) < 4.78 is 18.5. The zero-order chi connectivity index (χ0) is 26.6. The van der Waals surface area contributed by atoms with E-state index < -0.39 is 0 Å². The van der Waals surface area contributed by atoms with E-state index >= 15 is 0 Å². The predicted octanol–water partition coefficient (Wildman–Crippen LogP) is 5.97. The average Bonchev–Trinajstić information content (AvgIpc) is 3.50. The average molecular weight is 544 g/mol. The van der Waals surface area contributed by atoms with Crippen LogP contribution in [0.2, 0.25) is 0 Å². The van der Waals surface area contributed by atoms with Crippen LogP contribution in [0.5, 0.6) is 17.2 Å². The van der Waals surface area contributed by atoms with Gasteiger partial charge in [0.25, 0.3) is 5.91 Å². The number of methoxy groups -OCH3 is 3. The van der Waals surface area contributed by atoms with E-state index in [4.69, 9.17) is 31.5 Å². The van der Waals surface area contributed by atoms with Crippen molar-refractivity contribution in [3.63, 3.8) is 0 Å². The topological polar surface area (TPSA) is 65.8 Å². The van der Waals surface area contributed by atoms with Crippen LogP contribution in [-0.4, -0.2) is 46.2 Å². The Morgan fingerprint density at radius 2 is 1.66 bits per heavy atom. The molecule has 0 aliphatic carbocycles. The molecule has 5 rings (SSSR count). The van der Waals surface area contributed by atoms with E-state index in [0.717, 1.165) is 28.1 Å². The van der Waals surface area contributed by atoms with Crippen molar-refractivity contribution in [3.8, 4) is 34.2 Å². The second-order valence-corrected chi connectivity index (χ2v) is 10.1. The number of rotatable bonds is 8. The molecular weight excluding hydrogens is 518 g/mol. The number of amides is 1. The molecule has 1 aliphatic rings. The fraction of sp³-hybridized carbons (Fsp3) is 0.138. The standard InChI is InChI=1S/C29H25N3O4S2/c1-34-23-12-9-19(10-13-23)17-31-28(33)26(38-29(31)37)16-21-18-32(22-7-5-4-6-8-22)30-27(21)20-11-14-24(35-2)25(15-20)36-3/h4-16,18H,17H2,1-3H3. The molecule has 1 fully saturated rings. The van der Waals surface area contributed by atoms with Crippen molar-refractivity contribution in [2.24, 2.45) is 0 Å². The van der Waals surface area contributed by atoms with E-state index in [0.29, 0.717) is 33.0 Å². The van der Waals surface area contributed by atoms with E-state index in [1.165, 1.54) is 11.8 Å². The second-order valence-electron chi connectivity index (χ2n) is 8.40. The van der Waals surface area contributed by atoms with Gasteiger partial charge in [-0.05, 0) is 54.1 Å². The number of para-hydroxylation sites is 1. The maximum Gasteiger partial charge on any atom is 0.266 e. The molecule has 2 heterocycles. The first-order valence-corrected chi connectivity index (χ1v) is 13.0. The minimum Gasteiger partial charge on any atom is -0.497 e. The van der Waals surface area contributed by atoms with Gasteiger partial charge in [0.2, 0.25) is 0 Å². The number of benzene rings is 3. The molecule has 1 saturated heterocycles. The lowest BCUT2D eigenvalue weighted by Gasteiger charge is -2.14. The molecule has 0 spiro atoms. The molecule has 1 aromatic heterocycles. The third-order valence-electron chi connectivity index (χ3n) is 6.08. The molecule has 0 unspecified atom stereocenters. The van der Waals surface area contributed by atoms with Crippen molar-refractivity contribution < 1.29 is 19.0 Å². The molecule has 0 radical (unpaired) electrons. The van der Waals surface area contributed by atoms with Gasteiger partial charge in [-0.3, -0.25) is 9.69 Å². The monoisotopic (exact) mass is 543 g/mol. The van der Waals surface area contributed by atoms with Crippen LogP contribution in [0.15, 0.2) is 83.9 Å². The summed E-state index contributed by atoms with van der Waals surface area (Å²) in [7, 11) is 4.82. The van der Waals surface area contributed by atoms with Gasteiger partial charge in [-0.1, -0.05) is 54.3 Å². The van der Waals surface area contributed by atoms with Gasteiger partial charge in [-0.15, -0.1) is 0 Å². The molecule has 0 atom stereocenters. The molecule has 7 nitrogen and oxygen atoms in total. The van der Waals surface area contributed by atoms with Crippen LogP contribution in [-0.2, 0) is 11.3 Å². The molecular formula is C29H25N3O4S2. The van der Waals surface area contributed by atoms with Crippen LogP contribution in [0.4, 0.5) is 0 Å². The lowest BCUT2D eigenvalue weighted by molar-refractivity contribution is -0.122. The van der Waals surface area contributed by atoms with Gasteiger partial charge in [0, 0.05) is 17.3 Å². The summed E-state index contributed by atoms with van der Waals surface area (Å²) in [5.41, 5.74) is 4.19. The third kappa shape index (κ3) is 5.16. The van der Waals surface area contributed by atoms with Gasteiger partial charge >= 0.3 is 0 Å². The number of carbonyl (C=O) groups is 1. The molecule has 1 amide bonds. The molecule has 192 valence electrons. The maximum absolute atomic E-state index is 13.4. The smallest absolute Gasteiger partial charge is 0.266 e. The first kappa shape index (κ1) is 25.6. The summed E-state index contributed by atoms with van der Waals surface area (Å²) in [4.78, 5) is 15.6. The third-order valence-corrected chi connectivity index (χ3v) is 7.46. The number of aromatic nitrogens is 2. The number of thioether (sulfide) groups is 1. The Morgan fingerprint density at radius 1 is 0.921 bits per heavy atom. The van der Waals surface area contributed by atoms with E-state index in [1.54, 1.807) is 30.9 Å². The number of carbonyl (C=O) groups excluding carboxylic acids is 1. The van der Waals surface area contributed by atoms with E-state index in [1.807, 2.05) is 85.1 Å². The Morgan fingerprint density at radius 3 is 2.34 bits per heavy atom. The van der Waals surface area contributed by atoms with Crippen LogP contribution in [0, 0.1) is 0 Å². The Hall–Kier alpha value is -4.08. The van der Waals surface area contributed by atoms with Crippen molar-refractivity contribution in [2.75, 3.05) is 21.3 Å². The fourth-order valence-corrected chi connectivity index (χ4v) is 5.35. The zero-order valence-electron chi connectivity index (χ0n) is 21.1. The highest BCUT2D eigenvalue weighted by Crippen LogP contribution is 2.37. The summed E-state index contributed by atoms with van der Waals surface area (Å²) in [6, 6.07) is 23.1. The summed E-state index contributed by atoms with van der Waals surface area (Å²) in [5, 5.41) is 4.87. The second kappa shape index (κ2) is 11.1. The quantitative estimate of drug-likeness (QED) is 0.200. The number of thiocarbonyl (C=S) groups is 1. The molecule has 0 bridgehead atoms. The minimum atomic E-state index is -0.137. The van der Waals surface area contributed by atoms with Crippen LogP contribution < -0.4 is 14.2 Å². The predicted molar refractivity (Wildman–Crippen MR) is 154 cm³/mol. The lowest BCUT2D eigenvalue weighted by atomic mass is 10.1. The van der Waals surface area contributed by atoms with Crippen LogP contribution in [0.25, 0.3) is 23.0 Å². The maximum atomic E-state index is 13.4.